The van der Waals surface area contributed by atoms with Crippen molar-refractivity contribution in [3.63, 3.8) is 0 Å². The minimum Gasteiger partial charge on any atom is -0.477 e. The van der Waals surface area contributed by atoms with Crippen molar-refractivity contribution >= 4 is 38.2 Å². The monoisotopic (exact) mass is 354 g/mol. The number of fused-ring (bicyclic) bond motifs is 1. The molecule has 0 unspecified atom stereocenters. The number of hydrogen-bond acceptors (Lipinski definition) is 3. The van der Waals surface area contributed by atoms with Crippen molar-refractivity contribution < 1.29 is 14.3 Å². The van der Waals surface area contributed by atoms with Gasteiger partial charge in [-0.1, -0.05) is 27.3 Å². The Labute approximate surface area is 125 Å². The van der Waals surface area contributed by atoms with Crippen molar-refractivity contribution in [2.75, 3.05) is 0 Å². The van der Waals surface area contributed by atoms with E-state index in [1.165, 1.54) is 6.07 Å². The van der Waals surface area contributed by atoms with Gasteiger partial charge in [-0.25, -0.2) is 14.2 Å². The van der Waals surface area contributed by atoms with Crippen LogP contribution in [0.3, 0.4) is 0 Å². The number of carbonyl (C=O) groups is 1. The van der Waals surface area contributed by atoms with Crippen LogP contribution < -0.4 is 0 Å². The molecule has 0 aliphatic rings. The summed E-state index contributed by atoms with van der Waals surface area (Å²) in [5, 5.41) is 9.05. The summed E-state index contributed by atoms with van der Waals surface area (Å²) in [6.07, 6.45) is 1.65. The zero-order chi connectivity index (χ0) is 14.4. The number of nitrogens with zero attached hydrogens (tertiary/aromatic N) is 2. The fraction of sp³-hybridized carbons (Fsp3) is 0.0769. The Hall–Kier alpha value is -1.73. The normalized spacial score (nSPS) is 11.2. The van der Waals surface area contributed by atoms with E-state index in [1.54, 1.807) is 29.7 Å². The number of hydrogen-bond donors (Lipinski definition) is 1. The standard InChI is InChI=1S/C13H8BrFN2O2S/c1-6-11(12(18)19)20-13-16-10(5-17(6)13)8-3-2-7(14)4-9(8)15/h2-5H,1H3,(H,18,19). The van der Waals surface area contributed by atoms with Crippen molar-refractivity contribution in [2.24, 2.45) is 0 Å². The molecule has 2 aromatic heterocycles. The predicted octanol–water partition coefficient (Wildman–Crippen LogP) is 3.97. The van der Waals surface area contributed by atoms with Gasteiger partial charge < -0.3 is 5.11 Å². The number of thiazole rings is 1. The summed E-state index contributed by atoms with van der Waals surface area (Å²) in [5.41, 5.74) is 1.47. The lowest BCUT2D eigenvalue weighted by Gasteiger charge is -1.99. The Kier molecular flexibility index (Phi) is 3.10. The van der Waals surface area contributed by atoms with Crippen molar-refractivity contribution in [2.45, 2.75) is 6.92 Å². The van der Waals surface area contributed by atoms with Crippen molar-refractivity contribution in [3.05, 3.63) is 45.3 Å². The molecule has 0 radical (unpaired) electrons. The van der Waals surface area contributed by atoms with E-state index in [9.17, 15) is 9.18 Å². The number of carboxylic acids is 1. The highest BCUT2D eigenvalue weighted by Crippen LogP contribution is 2.29. The number of aryl methyl sites for hydroxylation is 1. The third-order valence-electron chi connectivity index (χ3n) is 2.96. The van der Waals surface area contributed by atoms with Gasteiger partial charge in [0.05, 0.1) is 5.69 Å². The topological polar surface area (TPSA) is 54.6 Å². The average molecular weight is 355 g/mol. The molecule has 0 fully saturated rings. The SMILES string of the molecule is Cc1c(C(=O)O)sc2nc(-c3ccc(Br)cc3F)cn12. The predicted molar refractivity (Wildman–Crippen MR) is 77.9 cm³/mol. The second kappa shape index (κ2) is 4.68. The highest BCUT2D eigenvalue weighted by atomic mass is 79.9. The van der Waals surface area contributed by atoms with Gasteiger partial charge in [0.2, 0.25) is 0 Å². The second-order valence-corrected chi connectivity index (χ2v) is 6.12. The van der Waals surface area contributed by atoms with Gasteiger partial charge in [-0.05, 0) is 25.1 Å². The van der Waals surface area contributed by atoms with Crippen molar-refractivity contribution in [1.29, 1.82) is 0 Å². The Balaban J connectivity index is 2.17. The zero-order valence-electron chi connectivity index (χ0n) is 10.2. The fourth-order valence-electron chi connectivity index (χ4n) is 1.98. The van der Waals surface area contributed by atoms with Gasteiger partial charge in [-0.15, -0.1) is 0 Å². The first-order valence-corrected chi connectivity index (χ1v) is 7.25. The molecule has 3 aromatic rings. The van der Waals surface area contributed by atoms with Crippen molar-refractivity contribution in [1.82, 2.24) is 9.38 Å². The molecule has 102 valence electrons. The molecule has 0 saturated carbocycles. The minimum absolute atomic E-state index is 0.246. The molecule has 1 aromatic carbocycles. The van der Waals surface area contributed by atoms with E-state index < -0.39 is 5.97 Å². The molecular formula is C13H8BrFN2O2S. The molecule has 0 bridgehead atoms. The first-order valence-electron chi connectivity index (χ1n) is 5.64. The molecule has 0 atom stereocenters. The first-order chi connectivity index (χ1) is 9.47. The van der Waals surface area contributed by atoms with Crippen molar-refractivity contribution in [3.8, 4) is 11.3 Å². The number of aromatic carboxylic acids is 1. The fourth-order valence-corrected chi connectivity index (χ4v) is 3.26. The molecule has 0 spiro atoms. The van der Waals surface area contributed by atoms with Gasteiger partial charge in [0, 0.05) is 21.9 Å². The molecule has 0 saturated heterocycles. The molecule has 2 heterocycles. The van der Waals surface area contributed by atoms with E-state index in [-0.39, 0.29) is 10.7 Å². The van der Waals surface area contributed by atoms with E-state index in [0.29, 0.717) is 26.4 Å². The summed E-state index contributed by atoms with van der Waals surface area (Å²) >= 11 is 4.28. The van der Waals surface area contributed by atoms with Crippen LogP contribution in [0.1, 0.15) is 15.4 Å². The van der Waals surface area contributed by atoms with Crippen LogP contribution in [0.4, 0.5) is 4.39 Å². The third kappa shape index (κ3) is 2.03. The maximum absolute atomic E-state index is 13.9. The van der Waals surface area contributed by atoms with Gasteiger partial charge in [0.15, 0.2) is 4.96 Å². The van der Waals surface area contributed by atoms with Crippen LogP contribution in [0.5, 0.6) is 0 Å². The molecular weight excluding hydrogens is 347 g/mol. The highest BCUT2D eigenvalue weighted by Gasteiger charge is 2.18. The third-order valence-corrected chi connectivity index (χ3v) is 4.60. The number of imidazole rings is 1. The lowest BCUT2D eigenvalue weighted by atomic mass is 10.1. The zero-order valence-corrected chi connectivity index (χ0v) is 12.6. The molecule has 0 aliphatic heterocycles. The van der Waals surface area contributed by atoms with Crippen LogP contribution in [0.25, 0.3) is 16.2 Å². The highest BCUT2D eigenvalue weighted by molar-refractivity contribution is 9.10. The van der Waals surface area contributed by atoms with Crippen LogP contribution >= 0.6 is 27.3 Å². The molecule has 20 heavy (non-hydrogen) atoms. The minimum atomic E-state index is -0.977. The Bertz CT molecular complexity index is 840. The smallest absolute Gasteiger partial charge is 0.347 e. The molecule has 0 amide bonds. The van der Waals surface area contributed by atoms with E-state index >= 15 is 0 Å². The Morgan fingerprint density at radius 2 is 2.25 bits per heavy atom. The van der Waals surface area contributed by atoms with Crippen LogP contribution in [0.15, 0.2) is 28.9 Å². The average Bonchev–Trinajstić information content (AvgIpc) is 2.89. The summed E-state index contributed by atoms with van der Waals surface area (Å²) in [4.78, 5) is 16.1. The lowest BCUT2D eigenvalue weighted by Crippen LogP contribution is -1.96. The van der Waals surface area contributed by atoms with Gasteiger partial charge >= 0.3 is 5.97 Å². The van der Waals surface area contributed by atoms with Gasteiger partial charge in [0.25, 0.3) is 0 Å². The van der Waals surface area contributed by atoms with Crippen LogP contribution in [-0.2, 0) is 0 Å². The largest absolute Gasteiger partial charge is 0.477 e. The number of rotatable bonds is 2. The molecule has 7 heteroatoms. The Morgan fingerprint density at radius 1 is 1.50 bits per heavy atom. The summed E-state index contributed by atoms with van der Waals surface area (Å²) in [5.74, 6) is -1.35. The van der Waals surface area contributed by atoms with E-state index in [2.05, 4.69) is 20.9 Å². The van der Waals surface area contributed by atoms with E-state index in [4.69, 9.17) is 5.11 Å². The number of benzene rings is 1. The summed E-state index contributed by atoms with van der Waals surface area (Å²) in [6, 6.07) is 4.75. The van der Waals surface area contributed by atoms with Gasteiger partial charge in [-0.3, -0.25) is 4.40 Å². The summed E-state index contributed by atoms with van der Waals surface area (Å²) < 4.78 is 16.2. The Morgan fingerprint density at radius 3 is 2.85 bits per heavy atom. The quantitative estimate of drug-likeness (QED) is 0.757. The maximum Gasteiger partial charge on any atom is 0.347 e. The molecule has 1 N–H and O–H groups in total. The van der Waals surface area contributed by atoms with Gasteiger partial charge in [-0.2, -0.15) is 0 Å². The second-order valence-electron chi connectivity index (χ2n) is 4.22. The van der Waals surface area contributed by atoms with E-state index in [0.717, 1.165) is 11.3 Å². The van der Waals surface area contributed by atoms with Crippen LogP contribution in [-0.4, -0.2) is 20.5 Å². The lowest BCUT2D eigenvalue weighted by molar-refractivity contribution is 0.0701. The number of aromatic nitrogens is 2. The molecule has 3 rings (SSSR count). The van der Waals surface area contributed by atoms with Crippen LogP contribution in [0.2, 0.25) is 0 Å². The number of halogens is 2. The van der Waals surface area contributed by atoms with Crippen LogP contribution in [0, 0.1) is 12.7 Å². The van der Waals surface area contributed by atoms with Gasteiger partial charge in [0.1, 0.15) is 10.7 Å². The number of carboxylic acid groups (broad SMARTS) is 1. The summed E-state index contributed by atoms with van der Waals surface area (Å²) in [7, 11) is 0. The molecule has 0 aliphatic carbocycles. The molecule has 4 nitrogen and oxygen atoms in total. The maximum atomic E-state index is 13.9. The van der Waals surface area contributed by atoms with E-state index in [1.807, 2.05) is 0 Å². The summed E-state index contributed by atoms with van der Waals surface area (Å²) in [6.45, 7) is 1.70. The first kappa shape index (κ1) is 13.3.